The van der Waals surface area contributed by atoms with E-state index in [9.17, 15) is 30.0 Å². The first-order valence-corrected chi connectivity index (χ1v) is 18.4. The molecule has 3 aliphatic rings. The highest BCUT2D eigenvalue weighted by atomic mass is 16.7. The van der Waals surface area contributed by atoms with Crippen LogP contribution < -0.4 is 5.32 Å². The number of aliphatic hydroxyl groups is 4. The Labute approximate surface area is 299 Å². The standard InChI is InChI=1S/C37H67NO12/c1-14-26-37(10,44)30(41)22(6)28(39)18(2)16-36(9,46-13)32(50-34-29(40)24(38-11)15-19(3)47-34)20(4)27(21(5)33(43)49-26)25-17-35(8,45-12)31(42)23(7)48-25/h18-27,29-32,34,38,40-42,44H,14-17H2,1-13H3/t18-,19-,20+,21-,22+,23+,24+,25?,26-,27+,29-,30-,31+,32-,34+,35-,36-,37-/m1/s1. The number of ether oxygens (including phenoxy) is 6. The second-order valence-electron chi connectivity index (χ2n) is 16.1. The molecular formula is C37H67NO12. The number of hydrogen-bond donors (Lipinski definition) is 5. The fraction of sp³-hybridized carbons (Fsp3) is 0.946. The van der Waals surface area contributed by atoms with Gasteiger partial charge in [0, 0.05) is 44.4 Å². The van der Waals surface area contributed by atoms with Gasteiger partial charge in [-0.25, -0.2) is 0 Å². The second-order valence-corrected chi connectivity index (χ2v) is 16.1. The third-order valence-corrected chi connectivity index (χ3v) is 12.4. The largest absolute Gasteiger partial charge is 0.459 e. The van der Waals surface area contributed by atoms with Crippen molar-refractivity contribution >= 4 is 11.8 Å². The van der Waals surface area contributed by atoms with E-state index in [1.165, 1.54) is 21.1 Å². The summed E-state index contributed by atoms with van der Waals surface area (Å²) in [6, 6.07) is -0.316. The molecule has 0 spiro atoms. The van der Waals surface area contributed by atoms with Gasteiger partial charge >= 0.3 is 5.97 Å². The first-order valence-electron chi connectivity index (χ1n) is 18.4. The lowest BCUT2D eigenvalue weighted by atomic mass is 9.67. The lowest BCUT2D eigenvalue weighted by Crippen LogP contribution is -2.62. The highest BCUT2D eigenvalue weighted by molar-refractivity contribution is 5.83. The van der Waals surface area contributed by atoms with Crippen LogP contribution in [-0.4, -0.2) is 131 Å². The Balaban J connectivity index is 2.27. The molecule has 0 aromatic heterocycles. The number of Topliss-reactive ketones (excluding diaryl/α,β-unsaturated/α-hetero) is 1. The Morgan fingerprint density at radius 3 is 2.02 bits per heavy atom. The number of rotatable bonds is 7. The van der Waals surface area contributed by atoms with Gasteiger partial charge in [0.1, 0.15) is 29.7 Å². The maximum Gasteiger partial charge on any atom is 0.309 e. The molecule has 3 heterocycles. The van der Waals surface area contributed by atoms with Crippen LogP contribution in [0.25, 0.3) is 0 Å². The van der Waals surface area contributed by atoms with Gasteiger partial charge in [0.2, 0.25) is 0 Å². The van der Waals surface area contributed by atoms with Gasteiger partial charge < -0.3 is 54.2 Å². The maximum atomic E-state index is 14.3. The molecule has 3 rings (SSSR count). The SMILES string of the molecule is CC[C@H]1OC(=O)[C@H](C)[C@@H](C2C[C@@](C)(OC)[C@@H](O)[C@H](C)O2)[C@H](C)[C@@H](O[C@@H]2O[C@H](C)C[C@H](NC)[C@H]2O)[C@](C)(OC)C[C@@H](C)C(=O)[C@H](C)[C@@H](O)[C@]1(C)O. The van der Waals surface area contributed by atoms with Crippen LogP contribution >= 0.6 is 0 Å². The summed E-state index contributed by atoms with van der Waals surface area (Å²) in [5.74, 6) is -4.72. The average molecular weight is 718 g/mol. The normalized spacial score (nSPS) is 50.4. The fourth-order valence-corrected chi connectivity index (χ4v) is 8.93. The van der Waals surface area contributed by atoms with Gasteiger partial charge in [-0.15, -0.1) is 0 Å². The molecule has 13 heteroatoms. The molecule has 50 heavy (non-hydrogen) atoms. The Bertz CT molecular complexity index is 1140. The Morgan fingerprint density at radius 2 is 1.48 bits per heavy atom. The van der Waals surface area contributed by atoms with E-state index in [0.29, 0.717) is 6.42 Å². The van der Waals surface area contributed by atoms with Crippen LogP contribution in [0.5, 0.6) is 0 Å². The zero-order valence-electron chi connectivity index (χ0n) is 32.5. The molecule has 3 fully saturated rings. The van der Waals surface area contributed by atoms with Crippen LogP contribution in [-0.2, 0) is 38.0 Å². The summed E-state index contributed by atoms with van der Waals surface area (Å²) in [5.41, 5.74) is -4.16. The van der Waals surface area contributed by atoms with Crippen molar-refractivity contribution in [2.45, 2.75) is 173 Å². The summed E-state index contributed by atoms with van der Waals surface area (Å²) in [5, 5.41) is 48.7. The van der Waals surface area contributed by atoms with E-state index in [1.54, 1.807) is 48.6 Å². The van der Waals surface area contributed by atoms with E-state index in [-0.39, 0.29) is 37.2 Å². The van der Waals surface area contributed by atoms with E-state index in [0.717, 1.165) is 0 Å². The molecule has 0 radical (unpaired) electrons. The van der Waals surface area contributed by atoms with E-state index < -0.39 is 101 Å². The summed E-state index contributed by atoms with van der Waals surface area (Å²) < 4.78 is 37.7. The van der Waals surface area contributed by atoms with Crippen molar-refractivity contribution in [3.63, 3.8) is 0 Å². The van der Waals surface area contributed by atoms with Crippen molar-refractivity contribution in [1.29, 1.82) is 0 Å². The van der Waals surface area contributed by atoms with Crippen molar-refractivity contribution in [2.75, 3.05) is 21.3 Å². The predicted octanol–water partition coefficient (Wildman–Crippen LogP) is 2.37. The fourth-order valence-electron chi connectivity index (χ4n) is 8.93. The molecule has 0 aliphatic carbocycles. The molecule has 1 unspecified atom stereocenters. The van der Waals surface area contributed by atoms with E-state index >= 15 is 0 Å². The smallest absolute Gasteiger partial charge is 0.309 e. The van der Waals surface area contributed by atoms with Crippen LogP contribution in [0.2, 0.25) is 0 Å². The number of methoxy groups -OCH3 is 2. The number of aliphatic hydroxyl groups excluding tert-OH is 3. The average Bonchev–Trinajstić information content (AvgIpc) is 3.07. The highest BCUT2D eigenvalue weighted by Crippen LogP contribution is 2.45. The minimum atomic E-state index is -1.94. The molecule has 0 bridgehead atoms. The summed E-state index contributed by atoms with van der Waals surface area (Å²) >= 11 is 0. The molecular weight excluding hydrogens is 650 g/mol. The van der Waals surface area contributed by atoms with Gasteiger partial charge in [-0.05, 0) is 66.8 Å². The number of carbonyl (C=O) groups excluding carboxylic acids is 2. The first kappa shape index (κ1) is 43.1. The Hall–Kier alpha value is -1.26. The van der Waals surface area contributed by atoms with Crippen LogP contribution in [0, 0.1) is 29.6 Å². The summed E-state index contributed by atoms with van der Waals surface area (Å²) in [6.45, 7) is 17.4. The highest BCUT2D eigenvalue weighted by Gasteiger charge is 2.56. The third kappa shape index (κ3) is 8.58. The Morgan fingerprint density at radius 1 is 0.880 bits per heavy atom. The molecule has 0 saturated carbocycles. The lowest BCUT2D eigenvalue weighted by Gasteiger charge is -2.52. The molecule has 5 N–H and O–H groups in total. The van der Waals surface area contributed by atoms with Crippen LogP contribution in [0.1, 0.15) is 94.9 Å². The van der Waals surface area contributed by atoms with Crippen molar-refractivity contribution in [1.82, 2.24) is 5.32 Å². The van der Waals surface area contributed by atoms with Crippen LogP contribution in [0.4, 0.5) is 0 Å². The molecule has 18 atom stereocenters. The predicted molar refractivity (Wildman–Crippen MR) is 185 cm³/mol. The minimum absolute atomic E-state index is 0.142. The molecule has 0 aromatic rings. The van der Waals surface area contributed by atoms with Crippen LogP contribution in [0.3, 0.4) is 0 Å². The number of likely N-dealkylation sites (N-methyl/N-ethyl adjacent to an activating group) is 1. The van der Waals surface area contributed by atoms with Gasteiger partial charge in [-0.3, -0.25) is 9.59 Å². The Kier molecular flexibility index (Phi) is 14.5. The van der Waals surface area contributed by atoms with Crippen molar-refractivity contribution < 1.29 is 58.4 Å². The van der Waals surface area contributed by atoms with Gasteiger partial charge in [-0.2, -0.15) is 0 Å². The number of carbonyl (C=O) groups is 2. The van der Waals surface area contributed by atoms with Crippen molar-refractivity contribution in [3.05, 3.63) is 0 Å². The van der Waals surface area contributed by atoms with Crippen molar-refractivity contribution in [2.24, 2.45) is 29.6 Å². The molecule has 13 nitrogen and oxygen atoms in total. The third-order valence-electron chi connectivity index (χ3n) is 12.4. The zero-order chi connectivity index (χ0) is 38.1. The lowest BCUT2D eigenvalue weighted by molar-refractivity contribution is -0.300. The van der Waals surface area contributed by atoms with E-state index in [4.69, 9.17) is 28.4 Å². The molecule has 3 saturated heterocycles. The molecule has 0 amide bonds. The number of ketones is 1. The molecule has 292 valence electrons. The topological polar surface area (TPSA) is 182 Å². The van der Waals surface area contributed by atoms with E-state index in [2.05, 4.69) is 5.32 Å². The monoisotopic (exact) mass is 717 g/mol. The first-order chi connectivity index (χ1) is 23.1. The van der Waals surface area contributed by atoms with Gasteiger partial charge in [0.15, 0.2) is 6.29 Å². The second kappa shape index (κ2) is 16.8. The number of esters is 1. The number of nitrogens with one attached hydrogen (secondary N) is 1. The molecule has 3 aliphatic heterocycles. The van der Waals surface area contributed by atoms with E-state index in [1.807, 2.05) is 20.8 Å². The maximum absolute atomic E-state index is 14.3. The van der Waals surface area contributed by atoms with Gasteiger partial charge in [0.05, 0.1) is 47.6 Å². The number of cyclic esters (lactones) is 1. The van der Waals surface area contributed by atoms with Gasteiger partial charge in [0.25, 0.3) is 0 Å². The minimum Gasteiger partial charge on any atom is -0.459 e. The number of hydrogen-bond acceptors (Lipinski definition) is 13. The van der Waals surface area contributed by atoms with Crippen molar-refractivity contribution in [3.8, 4) is 0 Å². The quantitative estimate of drug-likeness (QED) is 0.242. The molecule has 0 aromatic carbocycles. The summed E-state index contributed by atoms with van der Waals surface area (Å²) in [6.07, 6.45) is -7.10. The zero-order valence-corrected chi connectivity index (χ0v) is 32.5. The summed E-state index contributed by atoms with van der Waals surface area (Å²) in [7, 11) is 4.82. The van der Waals surface area contributed by atoms with Gasteiger partial charge in [-0.1, -0.05) is 34.6 Å². The van der Waals surface area contributed by atoms with Crippen LogP contribution in [0.15, 0.2) is 0 Å². The summed E-state index contributed by atoms with van der Waals surface area (Å²) in [4.78, 5) is 28.2.